The summed E-state index contributed by atoms with van der Waals surface area (Å²) in [5, 5.41) is 19.4. The van der Waals surface area contributed by atoms with Gasteiger partial charge in [-0.25, -0.2) is 4.79 Å². The van der Waals surface area contributed by atoms with E-state index in [2.05, 4.69) is 17.4 Å². The second kappa shape index (κ2) is 4.63. The largest absolute Gasteiger partial charge is 0.465 e. The van der Waals surface area contributed by atoms with E-state index >= 15 is 0 Å². The zero-order chi connectivity index (χ0) is 12.3. The average molecular weight is 238 g/mol. The van der Waals surface area contributed by atoms with Crippen molar-refractivity contribution in [3.8, 4) is 6.07 Å². The maximum Gasteiger partial charge on any atom is 0.344 e. The van der Waals surface area contributed by atoms with Crippen LogP contribution in [0.25, 0.3) is 0 Å². The van der Waals surface area contributed by atoms with Crippen molar-refractivity contribution in [3.05, 3.63) is 33.4 Å². The quantitative estimate of drug-likeness (QED) is 0.365. The molecule has 6 nitrogen and oxygen atoms in total. The normalized spacial score (nSPS) is 9.31. The number of hydrogen-bond donors (Lipinski definition) is 1. The van der Waals surface area contributed by atoms with Crippen LogP contribution in [0.15, 0.2) is 17.0 Å². The third-order valence-corrected chi connectivity index (χ3v) is 2.21. The Labute approximate surface area is 96.0 Å². The zero-order valence-electron chi connectivity index (χ0n) is 8.13. The van der Waals surface area contributed by atoms with Gasteiger partial charge in [0.2, 0.25) is 0 Å². The molecule has 0 radical (unpaired) electrons. The number of nitro benzene ring substituents is 1. The highest BCUT2D eigenvalue weighted by molar-refractivity contribution is 7.80. The predicted octanol–water partition coefficient (Wildman–Crippen LogP) is 1.54. The van der Waals surface area contributed by atoms with E-state index in [1.807, 2.05) is 0 Å². The SMILES string of the molecule is COC(=O)c1cc(S)c(C#N)cc1[N+](=O)[O-]. The fraction of sp³-hybridized carbons (Fsp3) is 0.111. The van der Waals surface area contributed by atoms with E-state index in [0.29, 0.717) is 0 Å². The van der Waals surface area contributed by atoms with Gasteiger partial charge in [-0.3, -0.25) is 10.1 Å². The first kappa shape index (κ1) is 12.0. The Hall–Kier alpha value is -2.07. The zero-order valence-corrected chi connectivity index (χ0v) is 9.02. The van der Waals surface area contributed by atoms with Gasteiger partial charge in [0.05, 0.1) is 17.6 Å². The van der Waals surface area contributed by atoms with E-state index < -0.39 is 16.6 Å². The van der Waals surface area contributed by atoms with Gasteiger partial charge in [-0.2, -0.15) is 5.26 Å². The smallest absolute Gasteiger partial charge is 0.344 e. The van der Waals surface area contributed by atoms with Gasteiger partial charge in [-0.05, 0) is 6.07 Å². The number of benzene rings is 1. The van der Waals surface area contributed by atoms with Gasteiger partial charge in [0.1, 0.15) is 11.6 Å². The van der Waals surface area contributed by atoms with Crippen LogP contribution in [0.3, 0.4) is 0 Å². The van der Waals surface area contributed by atoms with Crippen molar-refractivity contribution >= 4 is 24.3 Å². The molecule has 0 atom stereocenters. The van der Waals surface area contributed by atoms with Crippen molar-refractivity contribution < 1.29 is 14.5 Å². The van der Waals surface area contributed by atoms with Crippen molar-refractivity contribution in [2.24, 2.45) is 0 Å². The van der Waals surface area contributed by atoms with Crippen LogP contribution in [-0.2, 0) is 4.74 Å². The topological polar surface area (TPSA) is 93.2 Å². The summed E-state index contributed by atoms with van der Waals surface area (Å²) in [6, 6.07) is 3.88. The summed E-state index contributed by atoms with van der Waals surface area (Å²) >= 11 is 3.94. The minimum atomic E-state index is -0.841. The minimum absolute atomic E-state index is 0.0303. The number of methoxy groups -OCH3 is 1. The number of carbonyl (C=O) groups excluding carboxylic acids is 1. The third-order valence-electron chi connectivity index (χ3n) is 1.84. The van der Waals surface area contributed by atoms with Gasteiger partial charge in [0.25, 0.3) is 5.69 Å². The van der Waals surface area contributed by atoms with Crippen LogP contribution in [-0.4, -0.2) is 18.0 Å². The lowest BCUT2D eigenvalue weighted by Gasteiger charge is -2.03. The summed E-state index contributed by atoms with van der Waals surface area (Å²) in [6.07, 6.45) is 0. The molecule has 0 aliphatic heterocycles. The molecule has 1 aromatic carbocycles. The van der Waals surface area contributed by atoms with Gasteiger partial charge in [-0.1, -0.05) is 0 Å². The van der Waals surface area contributed by atoms with Crippen molar-refractivity contribution in [2.45, 2.75) is 4.90 Å². The third kappa shape index (κ3) is 2.12. The van der Waals surface area contributed by atoms with Crippen molar-refractivity contribution in [1.82, 2.24) is 0 Å². The van der Waals surface area contributed by atoms with Crippen LogP contribution >= 0.6 is 12.6 Å². The molecule has 16 heavy (non-hydrogen) atoms. The summed E-state index contributed by atoms with van der Waals surface area (Å²) in [5.74, 6) is -0.841. The first-order chi connectivity index (χ1) is 7.51. The monoisotopic (exact) mass is 238 g/mol. The lowest BCUT2D eigenvalue weighted by molar-refractivity contribution is -0.385. The van der Waals surface area contributed by atoms with E-state index in [-0.39, 0.29) is 16.0 Å². The summed E-state index contributed by atoms with van der Waals surface area (Å²) in [6.45, 7) is 0. The fourth-order valence-corrected chi connectivity index (χ4v) is 1.33. The van der Waals surface area contributed by atoms with Gasteiger partial charge in [0.15, 0.2) is 0 Å². The van der Waals surface area contributed by atoms with Crippen LogP contribution in [0.5, 0.6) is 0 Å². The van der Waals surface area contributed by atoms with E-state index in [1.165, 1.54) is 0 Å². The van der Waals surface area contributed by atoms with Crippen LogP contribution in [0.2, 0.25) is 0 Å². The fourth-order valence-electron chi connectivity index (χ4n) is 1.09. The maximum absolute atomic E-state index is 11.2. The molecule has 0 spiro atoms. The summed E-state index contributed by atoms with van der Waals surface area (Å²) in [7, 11) is 1.11. The Morgan fingerprint density at radius 1 is 1.62 bits per heavy atom. The molecule has 0 aliphatic carbocycles. The average Bonchev–Trinajstić information content (AvgIpc) is 2.27. The molecular formula is C9H6N2O4S. The van der Waals surface area contributed by atoms with Gasteiger partial charge < -0.3 is 4.74 Å². The molecule has 0 heterocycles. The Morgan fingerprint density at radius 3 is 2.69 bits per heavy atom. The Bertz CT molecular complexity index is 507. The molecule has 0 bridgehead atoms. The molecule has 7 heteroatoms. The Kier molecular flexibility index (Phi) is 3.48. The number of carbonyl (C=O) groups is 1. The number of hydrogen-bond acceptors (Lipinski definition) is 6. The molecule has 0 saturated heterocycles. The second-order valence-electron chi connectivity index (χ2n) is 2.75. The highest BCUT2D eigenvalue weighted by atomic mass is 32.1. The lowest BCUT2D eigenvalue weighted by Crippen LogP contribution is -2.06. The molecule has 0 aliphatic rings. The molecular weight excluding hydrogens is 232 g/mol. The Morgan fingerprint density at radius 2 is 2.25 bits per heavy atom. The van der Waals surface area contributed by atoms with E-state index in [9.17, 15) is 14.9 Å². The summed E-state index contributed by atoms with van der Waals surface area (Å²) in [5.41, 5.74) is -0.666. The Balaban J connectivity index is 3.49. The van der Waals surface area contributed by atoms with Crippen molar-refractivity contribution in [2.75, 3.05) is 7.11 Å². The molecule has 0 unspecified atom stereocenters. The predicted molar refractivity (Wildman–Crippen MR) is 56.4 cm³/mol. The standard InChI is InChI=1S/C9H6N2O4S/c1-15-9(12)6-3-8(16)5(4-10)2-7(6)11(13)14/h2-3,16H,1H3. The first-order valence-electron chi connectivity index (χ1n) is 4.01. The molecule has 82 valence electrons. The molecule has 0 fully saturated rings. The van der Waals surface area contributed by atoms with Crippen LogP contribution in [0, 0.1) is 21.4 Å². The van der Waals surface area contributed by atoms with Crippen LogP contribution in [0.4, 0.5) is 5.69 Å². The van der Waals surface area contributed by atoms with Gasteiger partial charge in [-0.15, -0.1) is 12.6 Å². The second-order valence-corrected chi connectivity index (χ2v) is 3.23. The first-order valence-corrected chi connectivity index (χ1v) is 4.45. The number of rotatable bonds is 2. The minimum Gasteiger partial charge on any atom is -0.465 e. The summed E-state index contributed by atoms with van der Waals surface area (Å²) < 4.78 is 4.40. The van der Waals surface area contributed by atoms with Crippen molar-refractivity contribution in [3.63, 3.8) is 0 Å². The lowest BCUT2D eigenvalue weighted by atomic mass is 10.1. The van der Waals surface area contributed by atoms with Crippen molar-refractivity contribution in [1.29, 1.82) is 5.26 Å². The highest BCUT2D eigenvalue weighted by Gasteiger charge is 2.23. The van der Waals surface area contributed by atoms with Gasteiger partial charge in [0, 0.05) is 11.0 Å². The number of nitro groups is 1. The van der Waals surface area contributed by atoms with Crippen LogP contribution in [0.1, 0.15) is 15.9 Å². The van der Waals surface area contributed by atoms with E-state index in [1.54, 1.807) is 6.07 Å². The molecule has 0 N–H and O–H groups in total. The van der Waals surface area contributed by atoms with E-state index in [0.717, 1.165) is 19.2 Å². The highest BCUT2D eigenvalue weighted by Crippen LogP contribution is 2.26. The number of thiol groups is 1. The maximum atomic E-state index is 11.2. The summed E-state index contributed by atoms with van der Waals surface area (Å²) in [4.78, 5) is 21.4. The number of nitriles is 1. The number of esters is 1. The molecule has 0 amide bonds. The molecule has 1 aromatic rings. The molecule has 0 aromatic heterocycles. The number of nitrogens with zero attached hydrogens (tertiary/aromatic N) is 2. The van der Waals surface area contributed by atoms with Gasteiger partial charge >= 0.3 is 5.97 Å². The molecule has 0 saturated carbocycles. The van der Waals surface area contributed by atoms with E-state index in [4.69, 9.17) is 5.26 Å². The molecule has 1 rings (SSSR count). The number of ether oxygens (including phenoxy) is 1. The van der Waals surface area contributed by atoms with Crippen LogP contribution < -0.4 is 0 Å².